The van der Waals surface area contributed by atoms with Gasteiger partial charge in [0.05, 0.1) is 18.2 Å². The number of nitrogens with one attached hydrogen (secondary N) is 2. The minimum absolute atomic E-state index is 0.000946. The molecule has 1 amide bonds. The first-order chi connectivity index (χ1) is 15.4. The Morgan fingerprint density at radius 3 is 2.88 bits per heavy atom. The van der Waals surface area contributed by atoms with Gasteiger partial charge in [-0.1, -0.05) is 6.07 Å². The van der Waals surface area contributed by atoms with Crippen LogP contribution in [0.25, 0.3) is 22.2 Å². The smallest absolute Gasteiger partial charge is 0.408 e. The lowest BCUT2D eigenvalue weighted by Gasteiger charge is -2.24. The number of carbonyl (C=O) groups is 1. The molecule has 2 aromatic carbocycles. The van der Waals surface area contributed by atoms with Crippen LogP contribution in [-0.2, 0) is 23.0 Å². The number of hydrogen-bond donors (Lipinski definition) is 2. The van der Waals surface area contributed by atoms with E-state index in [1.165, 1.54) is 29.8 Å². The van der Waals surface area contributed by atoms with Crippen molar-refractivity contribution in [2.45, 2.75) is 18.6 Å². The molecular weight excluding hydrogens is 422 g/mol. The van der Waals surface area contributed by atoms with Crippen LogP contribution < -0.4 is 16.4 Å². The summed E-state index contributed by atoms with van der Waals surface area (Å²) in [4.78, 5) is 23.9. The maximum absolute atomic E-state index is 14.9. The van der Waals surface area contributed by atoms with Crippen molar-refractivity contribution < 1.29 is 22.7 Å². The van der Waals surface area contributed by atoms with Gasteiger partial charge in [0.1, 0.15) is 23.8 Å². The molecule has 32 heavy (non-hydrogen) atoms. The number of ether oxygens (including phenoxy) is 1. The third-order valence-corrected chi connectivity index (χ3v) is 5.35. The minimum atomic E-state index is -1.05. The second-order valence-electron chi connectivity index (χ2n) is 7.49. The fourth-order valence-corrected chi connectivity index (χ4v) is 3.61. The van der Waals surface area contributed by atoms with Crippen molar-refractivity contribution >= 4 is 17.0 Å². The van der Waals surface area contributed by atoms with E-state index in [4.69, 9.17) is 9.15 Å². The number of carbonyl (C=O) groups excluding carboxylic acids is 1. The van der Waals surface area contributed by atoms with E-state index in [-0.39, 0.29) is 17.5 Å². The number of aryl methyl sites for hydroxylation is 1. The summed E-state index contributed by atoms with van der Waals surface area (Å²) in [5.74, 6) is -2.46. The molecule has 8 nitrogen and oxygen atoms in total. The first kappa shape index (κ1) is 21.7. The number of nitriles is 1. The Kier molecular flexibility index (Phi) is 6.03. The average Bonchev–Trinajstić information content (AvgIpc) is 3.08. The zero-order valence-electron chi connectivity index (χ0n) is 17.2. The summed E-state index contributed by atoms with van der Waals surface area (Å²) in [6, 6.07) is 7.48. The van der Waals surface area contributed by atoms with Gasteiger partial charge in [-0.3, -0.25) is 9.36 Å². The third kappa shape index (κ3) is 4.26. The molecule has 166 valence electrons. The largest absolute Gasteiger partial charge is 0.419 e. The zero-order valence-corrected chi connectivity index (χ0v) is 17.2. The van der Waals surface area contributed by atoms with Crippen molar-refractivity contribution in [3.63, 3.8) is 0 Å². The first-order valence-corrected chi connectivity index (χ1v) is 9.97. The highest BCUT2D eigenvalue weighted by Gasteiger charge is 2.25. The van der Waals surface area contributed by atoms with Gasteiger partial charge in [0.2, 0.25) is 0 Å². The van der Waals surface area contributed by atoms with E-state index in [1.54, 1.807) is 0 Å². The van der Waals surface area contributed by atoms with Gasteiger partial charge < -0.3 is 19.8 Å². The summed E-state index contributed by atoms with van der Waals surface area (Å²) in [7, 11) is 1.52. The number of hydrogen-bond acceptors (Lipinski definition) is 6. The molecule has 1 aromatic heterocycles. The van der Waals surface area contributed by atoms with Crippen molar-refractivity contribution in [1.82, 2.24) is 15.2 Å². The Morgan fingerprint density at radius 1 is 1.34 bits per heavy atom. The van der Waals surface area contributed by atoms with Crippen molar-refractivity contribution in [2.24, 2.45) is 7.05 Å². The Balaban J connectivity index is 1.55. The van der Waals surface area contributed by atoms with E-state index in [0.717, 1.165) is 12.1 Å². The van der Waals surface area contributed by atoms with E-state index in [0.29, 0.717) is 36.4 Å². The van der Waals surface area contributed by atoms with E-state index < -0.39 is 35.4 Å². The normalized spacial score (nSPS) is 17.1. The van der Waals surface area contributed by atoms with Crippen molar-refractivity contribution in [1.29, 1.82) is 5.26 Å². The Bertz CT molecular complexity index is 1270. The second kappa shape index (κ2) is 8.90. The standard InChI is InChI=1S/C22H20F2N4O4/c1-28-18-8-12(2-3-19(18)32-22(28)30)15-9-16(23)13(7-17(15)24)6-14(10-25)27-21(29)20-11-26-4-5-31-20/h2-3,7-9,14,20,26H,4-6,11H2,1H3,(H,27,29)/t14-,20-/m0/s1. The van der Waals surface area contributed by atoms with Crippen LogP contribution in [0.15, 0.2) is 39.5 Å². The molecule has 2 heterocycles. The molecule has 2 N–H and O–H groups in total. The Morgan fingerprint density at radius 2 is 2.16 bits per heavy atom. The van der Waals surface area contributed by atoms with E-state index in [2.05, 4.69) is 10.6 Å². The summed E-state index contributed by atoms with van der Waals surface area (Å²) in [5, 5.41) is 14.9. The van der Waals surface area contributed by atoms with Crippen LogP contribution in [0.5, 0.6) is 0 Å². The van der Waals surface area contributed by atoms with Crippen molar-refractivity contribution in [2.75, 3.05) is 19.7 Å². The molecule has 2 atom stereocenters. The predicted octanol–water partition coefficient (Wildman–Crippen LogP) is 1.62. The molecule has 3 aromatic rings. The highest BCUT2D eigenvalue weighted by molar-refractivity contribution is 5.82. The summed E-state index contributed by atoms with van der Waals surface area (Å²) < 4.78 is 41.3. The van der Waals surface area contributed by atoms with E-state index >= 15 is 0 Å². The van der Waals surface area contributed by atoms with Crippen LogP contribution in [-0.4, -0.2) is 42.3 Å². The van der Waals surface area contributed by atoms with Gasteiger partial charge in [-0.2, -0.15) is 5.26 Å². The molecule has 0 aliphatic carbocycles. The third-order valence-electron chi connectivity index (χ3n) is 5.35. The summed E-state index contributed by atoms with van der Waals surface area (Å²) in [6.07, 6.45) is -0.946. The maximum atomic E-state index is 14.9. The number of morpholine rings is 1. The van der Waals surface area contributed by atoms with Crippen LogP contribution in [0.1, 0.15) is 5.56 Å². The fraction of sp³-hybridized carbons (Fsp3) is 0.318. The number of halogens is 2. The predicted molar refractivity (Wildman–Crippen MR) is 111 cm³/mol. The maximum Gasteiger partial charge on any atom is 0.419 e. The van der Waals surface area contributed by atoms with Crippen LogP contribution in [0.2, 0.25) is 0 Å². The second-order valence-corrected chi connectivity index (χ2v) is 7.49. The fourth-order valence-electron chi connectivity index (χ4n) is 3.61. The molecule has 0 saturated carbocycles. The molecule has 0 spiro atoms. The number of nitrogens with zero attached hydrogens (tertiary/aromatic N) is 2. The molecule has 1 aliphatic heterocycles. The van der Waals surface area contributed by atoms with Gasteiger partial charge >= 0.3 is 5.76 Å². The summed E-state index contributed by atoms with van der Waals surface area (Å²) in [5.41, 5.74) is 1.11. The number of amides is 1. The van der Waals surface area contributed by atoms with Gasteiger partial charge in [-0.25, -0.2) is 13.6 Å². The van der Waals surface area contributed by atoms with Gasteiger partial charge in [-0.15, -0.1) is 0 Å². The lowest BCUT2D eigenvalue weighted by Crippen LogP contribution is -2.50. The average molecular weight is 442 g/mol. The Labute approximate surface area is 181 Å². The van der Waals surface area contributed by atoms with Crippen LogP contribution >= 0.6 is 0 Å². The number of rotatable bonds is 5. The molecule has 0 radical (unpaired) electrons. The molecular formula is C22H20F2N4O4. The van der Waals surface area contributed by atoms with Crippen molar-refractivity contribution in [3.05, 3.63) is 58.1 Å². The topological polar surface area (TPSA) is 109 Å². The van der Waals surface area contributed by atoms with Crippen LogP contribution in [0.4, 0.5) is 8.78 Å². The van der Waals surface area contributed by atoms with Gasteiger partial charge in [-0.05, 0) is 35.4 Å². The number of fused-ring (bicyclic) bond motifs is 1. The van der Waals surface area contributed by atoms with Crippen molar-refractivity contribution in [3.8, 4) is 17.2 Å². The summed E-state index contributed by atoms with van der Waals surface area (Å²) >= 11 is 0. The molecule has 0 unspecified atom stereocenters. The van der Waals surface area contributed by atoms with Crippen LogP contribution in [0.3, 0.4) is 0 Å². The lowest BCUT2D eigenvalue weighted by molar-refractivity contribution is -0.134. The van der Waals surface area contributed by atoms with Gasteiger partial charge in [0.15, 0.2) is 5.58 Å². The monoisotopic (exact) mass is 442 g/mol. The molecule has 10 heteroatoms. The van der Waals surface area contributed by atoms with Gasteiger partial charge in [0.25, 0.3) is 5.91 Å². The summed E-state index contributed by atoms with van der Waals surface area (Å²) in [6.45, 7) is 1.32. The number of oxazole rings is 1. The van der Waals surface area contributed by atoms with E-state index in [9.17, 15) is 23.6 Å². The quantitative estimate of drug-likeness (QED) is 0.622. The zero-order chi connectivity index (χ0) is 22.8. The van der Waals surface area contributed by atoms with Crippen LogP contribution in [0, 0.1) is 23.0 Å². The van der Waals surface area contributed by atoms with Gasteiger partial charge in [0, 0.05) is 32.1 Å². The molecule has 4 rings (SSSR count). The van der Waals surface area contributed by atoms with E-state index in [1.807, 2.05) is 6.07 Å². The number of aromatic nitrogens is 1. The molecule has 1 saturated heterocycles. The highest BCUT2D eigenvalue weighted by atomic mass is 19.1. The highest BCUT2D eigenvalue weighted by Crippen LogP contribution is 2.28. The Hall–Kier alpha value is -3.55. The minimum Gasteiger partial charge on any atom is -0.408 e. The molecule has 1 fully saturated rings. The molecule has 1 aliphatic rings. The number of benzene rings is 2. The first-order valence-electron chi connectivity index (χ1n) is 9.97. The molecule has 0 bridgehead atoms. The lowest BCUT2D eigenvalue weighted by atomic mass is 9.99. The SMILES string of the molecule is Cn1c(=O)oc2ccc(-c3cc(F)c(C[C@@H](C#N)NC(=O)[C@@H]4CNCCO4)cc3F)cc21.